The minimum Gasteiger partial charge on any atom is -0.361 e. The summed E-state index contributed by atoms with van der Waals surface area (Å²) in [6, 6.07) is 0.624. The average Bonchev–Trinajstić information content (AvgIpc) is 2.65. The zero-order valence-electron chi connectivity index (χ0n) is 11.6. The van der Waals surface area contributed by atoms with E-state index < -0.39 is 0 Å². The predicted molar refractivity (Wildman–Crippen MR) is 68.8 cm³/mol. The molecular weight excluding hydrogens is 212 g/mol. The minimum atomic E-state index is 0.482. The molecule has 1 aliphatic rings. The van der Waals surface area contributed by atoms with E-state index in [4.69, 9.17) is 4.52 Å². The number of nitrogens with zero attached hydrogens (tertiary/aromatic N) is 1. The van der Waals surface area contributed by atoms with Crippen LogP contribution in [0.4, 0.5) is 0 Å². The van der Waals surface area contributed by atoms with E-state index in [9.17, 15) is 0 Å². The van der Waals surface area contributed by atoms with Crippen LogP contribution in [0.15, 0.2) is 4.52 Å². The number of rotatable bonds is 3. The van der Waals surface area contributed by atoms with Gasteiger partial charge in [-0.1, -0.05) is 25.9 Å². The van der Waals surface area contributed by atoms with Crippen molar-refractivity contribution in [3.05, 3.63) is 17.0 Å². The van der Waals surface area contributed by atoms with Gasteiger partial charge >= 0.3 is 0 Å². The normalized spacial score (nSPS) is 27.6. The Labute approximate surface area is 104 Å². The van der Waals surface area contributed by atoms with Crippen molar-refractivity contribution < 1.29 is 4.52 Å². The van der Waals surface area contributed by atoms with E-state index in [2.05, 4.69) is 31.2 Å². The standard InChI is InChI=1S/C14H24N2O/c1-9-6-14(4,5)7-13(9)15-8-12-10(2)16-17-11(12)3/h9,13,15H,6-8H2,1-5H3. The highest BCUT2D eigenvalue weighted by Gasteiger charge is 2.36. The lowest BCUT2D eigenvalue weighted by Gasteiger charge is -2.18. The van der Waals surface area contributed by atoms with Gasteiger partial charge in [0.2, 0.25) is 0 Å². The van der Waals surface area contributed by atoms with E-state index in [-0.39, 0.29) is 0 Å². The molecule has 0 radical (unpaired) electrons. The molecule has 2 atom stereocenters. The maximum absolute atomic E-state index is 5.19. The summed E-state index contributed by atoms with van der Waals surface area (Å²) in [6.45, 7) is 11.9. The second-order valence-electron chi connectivity index (χ2n) is 6.34. The van der Waals surface area contributed by atoms with Crippen LogP contribution in [-0.4, -0.2) is 11.2 Å². The van der Waals surface area contributed by atoms with Gasteiger partial charge in [-0.15, -0.1) is 0 Å². The van der Waals surface area contributed by atoms with Crippen molar-refractivity contribution in [2.75, 3.05) is 0 Å². The molecule has 0 spiro atoms. The summed E-state index contributed by atoms with van der Waals surface area (Å²) in [5.41, 5.74) is 2.72. The molecule has 0 aromatic carbocycles. The first kappa shape index (κ1) is 12.6. The lowest BCUT2D eigenvalue weighted by molar-refractivity contribution is 0.361. The third kappa shape index (κ3) is 2.71. The van der Waals surface area contributed by atoms with Gasteiger partial charge in [0.05, 0.1) is 5.69 Å². The molecule has 0 aliphatic heterocycles. The van der Waals surface area contributed by atoms with Gasteiger partial charge < -0.3 is 9.84 Å². The predicted octanol–water partition coefficient (Wildman–Crippen LogP) is 3.21. The van der Waals surface area contributed by atoms with Crippen LogP contribution in [0.2, 0.25) is 0 Å². The van der Waals surface area contributed by atoms with Gasteiger partial charge in [0.25, 0.3) is 0 Å². The Morgan fingerprint density at radius 1 is 1.35 bits per heavy atom. The summed E-state index contributed by atoms with van der Waals surface area (Å²) in [5, 5.41) is 7.67. The molecule has 1 aromatic rings. The fourth-order valence-corrected chi connectivity index (χ4v) is 3.15. The van der Waals surface area contributed by atoms with Gasteiger partial charge in [-0.3, -0.25) is 0 Å². The number of aryl methyl sites for hydroxylation is 2. The quantitative estimate of drug-likeness (QED) is 0.875. The Bertz CT molecular complexity index is 375. The molecule has 17 heavy (non-hydrogen) atoms. The van der Waals surface area contributed by atoms with Crippen LogP contribution < -0.4 is 5.32 Å². The molecular formula is C14H24N2O. The van der Waals surface area contributed by atoms with Crippen LogP contribution in [0, 0.1) is 25.2 Å². The smallest absolute Gasteiger partial charge is 0.138 e. The molecule has 0 bridgehead atoms. The van der Waals surface area contributed by atoms with E-state index in [1.165, 1.54) is 18.4 Å². The van der Waals surface area contributed by atoms with Crippen molar-refractivity contribution in [1.29, 1.82) is 0 Å². The van der Waals surface area contributed by atoms with Gasteiger partial charge in [0, 0.05) is 18.2 Å². The summed E-state index contributed by atoms with van der Waals surface area (Å²) in [5.74, 6) is 1.70. The van der Waals surface area contributed by atoms with Gasteiger partial charge in [-0.05, 0) is 38.0 Å². The molecule has 2 unspecified atom stereocenters. The summed E-state index contributed by atoms with van der Waals surface area (Å²) in [6.07, 6.45) is 2.57. The lowest BCUT2D eigenvalue weighted by Crippen LogP contribution is -2.31. The van der Waals surface area contributed by atoms with E-state index in [1.54, 1.807) is 0 Å². The molecule has 1 aliphatic carbocycles. The van der Waals surface area contributed by atoms with Crippen LogP contribution in [0.5, 0.6) is 0 Å². The number of aromatic nitrogens is 1. The van der Waals surface area contributed by atoms with E-state index in [0.29, 0.717) is 11.5 Å². The highest BCUT2D eigenvalue weighted by atomic mass is 16.5. The van der Waals surface area contributed by atoms with E-state index >= 15 is 0 Å². The molecule has 1 aromatic heterocycles. The van der Waals surface area contributed by atoms with Crippen molar-refractivity contribution in [3.8, 4) is 0 Å². The van der Waals surface area contributed by atoms with Gasteiger partial charge in [0.1, 0.15) is 5.76 Å². The van der Waals surface area contributed by atoms with Gasteiger partial charge in [-0.25, -0.2) is 0 Å². The van der Waals surface area contributed by atoms with Crippen molar-refractivity contribution in [2.45, 2.75) is 60.0 Å². The third-order valence-corrected chi connectivity index (χ3v) is 4.06. The maximum Gasteiger partial charge on any atom is 0.138 e. The topological polar surface area (TPSA) is 38.1 Å². The van der Waals surface area contributed by atoms with Crippen molar-refractivity contribution in [1.82, 2.24) is 10.5 Å². The third-order valence-electron chi connectivity index (χ3n) is 4.06. The first-order valence-corrected chi connectivity index (χ1v) is 6.54. The monoisotopic (exact) mass is 236 g/mol. The fourth-order valence-electron chi connectivity index (χ4n) is 3.15. The van der Waals surface area contributed by atoms with Crippen molar-refractivity contribution in [2.24, 2.45) is 11.3 Å². The number of hydrogen-bond donors (Lipinski definition) is 1. The number of nitrogens with one attached hydrogen (secondary N) is 1. The molecule has 1 saturated carbocycles. The van der Waals surface area contributed by atoms with Crippen LogP contribution in [0.1, 0.15) is 50.6 Å². The summed E-state index contributed by atoms with van der Waals surface area (Å²) in [4.78, 5) is 0. The van der Waals surface area contributed by atoms with E-state index in [1.807, 2.05) is 13.8 Å². The Hall–Kier alpha value is -0.830. The van der Waals surface area contributed by atoms with Crippen molar-refractivity contribution >= 4 is 0 Å². The first-order valence-electron chi connectivity index (χ1n) is 6.54. The minimum absolute atomic E-state index is 0.482. The van der Waals surface area contributed by atoms with Crippen LogP contribution >= 0.6 is 0 Å². The fraction of sp³-hybridized carbons (Fsp3) is 0.786. The Morgan fingerprint density at radius 2 is 2.06 bits per heavy atom. The first-order chi connectivity index (χ1) is 7.89. The summed E-state index contributed by atoms with van der Waals surface area (Å²) < 4.78 is 5.19. The Morgan fingerprint density at radius 3 is 2.53 bits per heavy atom. The molecule has 2 rings (SSSR count). The van der Waals surface area contributed by atoms with Gasteiger partial charge in [-0.2, -0.15) is 0 Å². The second-order valence-corrected chi connectivity index (χ2v) is 6.34. The SMILES string of the molecule is Cc1noc(C)c1CNC1CC(C)(C)CC1C. The molecule has 1 N–H and O–H groups in total. The lowest BCUT2D eigenvalue weighted by atomic mass is 9.91. The number of hydrogen-bond acceptors (Lipinski definition) is 3. The highest BCUT2D eigenvalue weighted by Crippen LogP contribution is 2.40. The largest absolute Gasteiger partial charge is 0.361 e. The molecule has 1 heterocycles. The molecule has 1 fully saturated rings. The molecule has 3 heteroatoms. The Kier molecular flexibility index (Phi) is 3.30. The molecule has 0 saturated heterocycles. The average molecular weight is 236 g/mol. The molecule has 3 nitrogen and oxygen atoms in total. The van der Waals surface area contributed by atoms with Crippen LogP contribution in [0.25, 0.3) is 0 Å². The zero-order valence-corrected chi connectivity index (χ0v) is 11.6. The van der Waals surface area contributed by atoms with Crippen LogP contribution in [-0.2, 0) is 6.54 Å². The van der Waals surface area contributed by atoms with Crippen molar-refractivity contribution in [3.63, 3.8) is 0 Å². The molecule has 96 valence electrons. The highest BCUT2D eigenvalue weighted by molar-refractivity contribution is 5.20. The van der Waals surface area contributed by atoms with Crippen LogP contribution in [0.3, 0.4) is 0 Å². The van der Waals surface area contributed by atoms with E-state index in [0.717, 1.165) is 23.9 Å². The zero-order chi connectivity index (χ0) is 12.6. The maximum atomic E-state index is 5.19. The molecule has 0 amide bonds. The second kappa shape index (κ2) is 4.45. The summed E-state index contributed by atoms with van der Waals surface area (Å²) in [7, 11) is 0. The van der Waals surface area contributed by atoms with Gasteiger partial charge in [0.15, 0.2) is 0 Å². The Balaban J connectivity index is 1.95. The summed E-state index contributed by atoms with van der Waals surface area (Å²) >= 11 is 0.